The summed E-state index contributed by atoms with van der Waals surface area (Å²) in [5, 5.41) is 3.32. The van der Waals surface area contributed by atoms with E-state index in [0.717, 1.165) is 25.7 Å². The first kappa shape index (κ1) is 18.8. The molecule has 1 saturated heterocycles. The number of amides is 1. The molecule has 0 spiro atoms. The van der Waals surface area contributed by atoms with Gasteiger partial charge < -0.3 is 15.8 Å². The summed E-state index contributed by atoms with van der Waals surface area (Å²) in [6, 6.07) is 6.44. The van der Waals surface area contributed by atoms with Crippen LogP contribution in [-0.4, -0.2) is 49.2 Å². The van der Waals surface area contributed by atoms with E-state index in [2.05, 4.69) is 5.32 Å². The lowest BCUT2D eigenvalue weighted by molar-refractivity contribution is -0.131. The third kappa shape index (κ3) is 4.03. The first-order valence-corrected chi connectivity index (χ1v) is 10.3. The van der Waals surface area contributed by atoms with E-state index in [1.165, 1.54) is 12.5 Å². The molecular weight excluding hydrogens is 345 g/mol. The fourth-order valence-electron chi connectivity index (χ4n) is 5.30. The molecule has 3 atom stereocenters. The number of fused-ring (bicyclic) bond motifs is 2. The first-order valence-electron chi connectivity index (χ1n) is 10.3. The van der Waals surface area contributed by atoms with Gasteiger partial charge in [-0.2, -0.15) is 0 Å². The SMILES string of the molecule is NC1CC2CCCC(C1)C2NC(=O)C(c1ccccc1F)N1CCOCC1. The van der Waals surface area contributed by atoms with Crippen LogP contribution in [0.25, 0.3) is 0 Å². The molecule has 3 aliphatic rings. The van der Waals surface area contributed by atoms with Crippen molar-refractivity contribution >= 4 is 5.91 Å². The molecule has 4 rings (SSSR count). The van der Waals surface area contributed by atoms with Gasteiger partial charge in [-0.25, -0.2) is 4.39 Å². The maximum absolute atomic E-state index is 14.6. The molecule has 1 aromatic rings. The molecule has 1 heterocycles. The average molecular weight is 375 g/mol. The minimum absolute atomic E-state index is 0.0839. The van der Waals surface area contributed by atoms with Gasteiger partial charge in [0.05, 0.1) is 13.2 Å². The van der Waals surface area contributed by atoms with E-state index in [1.807, 2.05) is 4.90 Å². The zero-order valence-electron chi connectivity index (χ0n) is 15.8. The lowest BCUT2D eigenvalue weighted by Crippen LogP contribution is -2.56. The smallest absolute Gasteiger partial charge is 0.242 e. The molecule has 3 fully saturated rings. The highest BCUT2D eigenvalue weighted by molar-refractivity contribution is 5.83. The summed E-state index contributed by atoms with van der Waals surface area (Å²) in [7, 11) is 0. The van der Waals surface area contributed by atoms with Crippen molar-refractivity contribution in [2.75, 3.05) is 26.3 Å². The Kier molecular flexibility index (Phi) is 5.76. The topological polar surface area (TPSA) is 67.6 Å². The average Bonchev–Trinajstić information content (AvgIpc) is 2.65. The number of hydrogen-bond donors (Lipinski definition) is 2. The molecule has 1 amide bonds. The molecule has 6 heteroatoms. The van der Waals surface area contributed by atoms with E-state index < -0.39 is 6.04 Å². The summed E-state index contributed by atoms with van der Waals surface area (Å²) < 4.78 is 20.0. The number of carbonyl (C=O) groups excluding carboxylic acids is 1. The molecule has 2 aliphatic carbocycles. The Labute approximate surface area is 160 Å². The molecule has 148 valence electrons. The molecule has 1 aromatic carbocycles. The van der Waals surface area contributed by atoms with Crippen molar-refractivity contribution < 1.29 is 13.9 Å². The Hall–Kier alpha value is -1.50. The Morgan fingerprint density at radius 1 is 1.19 bits per heavy atom. The van der Waals surface area contributed by atoms with E-state index in [4.69, 9.17) is 10.5 Å². The van der Waals surface area contributed by atoms with E-state index in [-0.39, 0.29) is 23.8 Å². The highest BCUT2D eigenvalue weighted by Crippen LogP contribution is 2.40. The highest BCUT2D eigenvalue weighted by atomic mass is 19.1. The number of hydrogen-bond acceptors (Lipinski definition) is 4. The van der Waals surface area contributed by atoms with Crippen LogP contribution in [0.3, 0.4) is 0 Å². The number of nitrogens with zero attached hydrogens (tertiary/aromatic N) is 1. The number of morpholine rings is 1. The van der Waals surface area contributed by atoms with Crippen LogP contribution in [-0.2, 0) is 9.53 Å². The summed E-state index contributed by atoms with van der Waals surface area (Å²) in [5.74, 6) is 0.485. The standard InChI is InChI=1S/C21H30FN3O2/c22-18-7-2-1-6-17(18)20(25-8-10-27-11-9-25)21(26)24-19-14-4-3-5-15(19)13-16(23)12-14/h1-2,6-7,14-16,19-20H,3-5,8-13,23H2,(H,24,26). The van der Waals surface area contributed by atoms with E-state index in [1.54, 1.807) is 18.2 Å². The second-order valence-corrected chi connectivity index (χ2v) is 8.29. The fraction of sp³-hybridized carbons (Fsp3) is 0.667. The van der Waals surface area contributed by atoms with Gasteiger partial charge in [-0.05, 0) is 43.6 Å². The number of nitrogens with one attached hydrogen (secondary N) is 1. The van der Waals surface area contributed by atoms with Gasteiger partial charge in [0.2, 0.25) is 5.91 Å². The Morgan fingerprint density at radius 2 is 1.85 bits per heavy atom. The molecule has 27 heavy (non-hydrogen) atoms. The van der Waals surface area contributed by atoms with Gasteiger partial charge in [0.1, 0.15) is 11.9 Å². The van der Waals surface area contributed by atoms with Crippen molar-refractivity contribution in [1.29, 1.82) is 0 Å². The third-order valence-corrected chi connectivity index (χ3v) is 6.54. The third-order valence-electron chi connectivity index (χ3n) is 6.54. The maximum Gasteiger partial charge on any atom is 0.242 e. The number of ether oxygens (including phenoxy) is 1. The van der Waals surface area contributed by atoms with Crippen molar-refractivity contribution in [2.24, 2.45) is 17.6 Å². The van der Waals surface area contributed by atoms with Crippen LogP contribution in [0.5, 0.6) is 0 Å². The summed E-state index contributed by atoms with van der Waals surface area (Å²) in [4.78, 5) is 15.4. The number of carbonyl (C=O) groups is 1. The zero-order valence-corrected chi connectivity index (χ0v) is 15.8. The second kappa shape index (κ2) is 8.25. The minimum atomic E-state index is -0.605. The predicted molar refractivity (Wildman–Crippen MR) is 102 cm³/mol. The van der Waals surface area contributed by atoms with Gasteiger partial charge in [-0.15, -0.1) is 0 Å². The van der Waals surface area contributed by atoms with Crippen LogP contribution >= 0.6 is 0 Å². The minimum Gasteiger partial charge on any atom is -0.379 e. The van der Waals surface area contributed by atoms with Crippen molar-refractivity contribution in [3.8, 4) is 0 Å². The largest absolute Gasteiger partial charge is 0.379 e. The number of nitrogens with two attached hydrogens (primary N) is 1. The van der Waals surface area contributed by atoms with Crippen LogP contribution in [0.15, 0.2) is 24.3 Å². The van der Waals surface area contributed by atoms with Crippen molar-refractivity contribution in [3.05, 3.63) is 35.6 Å². The lowest BCUT2D eigenvalue weighted by Gasteiger charge is -2.46. The summed E-state index contributed by atoms with van der Waals surface area (Å²) >= 11 is 0. The predicted octanol–water partition coefficient (Wildman–Crippen LogP) is 2.22. The summed E-state index contributed by atoms with van der Waals surface area (Å²) in [6.07, 6.45) is 5.41. The monoisotopic (exact) mass is 375 g/mol. The number of halogens is 1. The quantitative estimate of drug-likeness (QED) is 0.847. The van der Waals surface area contributed by atoms with E-state index in [0.29, 0.717) is 43.7 Å². The Morgan fingerprint density at radius 3 is 2.52 bits per heavy atom. The van der Waals surface area contributed by atoms with Crippen molar-refractivity contribution in [1.82, 2.24) is 10.2 Å². The van der Waals surface area contributed by atoms with Gasteiger partial charge in [-0.3, -0.25) is 9.69 Å². The van der Waals surface area contributed by atoms with Crippen LogP contribution < -0.4 is 11.1 Å². The highest BCUT2D eigenvalue weighted by Gasteiger charge is 2.41. The molecule has 5 nitrogen and oxygen atoms in total. The van der Waals surface area contributed by atoms with Crippen molar-refractivity contribution in [3.63, 3.8) is 0 Å². The molecule has 2 saturated carbocycles. The summed E-state index contributed by atoms with van der Waals surface area (Å²) in [5.41, 5.74) is 6.67. The van der Waals surface area contributed by atoms with E-state index in [9.17, 15) is 9.18 Å². The lowest BCUT2D eigenvalue weighted by atomic mass is 9.67. The Balaban J connectivity index is 1.56. The molecule has 0 aromatic heterocycles. The Bertz CT molecular complexity index is 651. The van der Waals surface area contributed by atoms with Crippen LogP contribution in [0.2, 0.25) is 0 Å². The van der Waals surface area contributed by atoms with Gasteiger partial charge in [0, 0.05) is 30.7 Å². The normalized spacial score (nSPS) is 32.7. The van der Waals surface area contributed by atoms with Crippen LogP contribution in [0.1, 0.15) is 43.7 Å². The van der Waals surface area contributed by atoms with Crippen LogP contribution in [0.4, 0.5) is 4.39 Å². The first-order chi connectivity index (χ1) is 13.1. The number of rotatable bonds is 4. The summed E-state index contributed by atoms with van der Waals surface area (Å²) in [6.45, 7) is 2.41. The zero-order chi connectivity index (χ0) is 18.8. The van der Waals surface area contributed by atoms with Gasteiger partial charge in [-0.1, -0.05) is 24.6 Å². The molecule has 3 N–H and O–H groups in total. The molecular formula is C21H30FN3O2. The molecule has 1 aliphatic heterocycles. The van der Waals surface area contributed by atoms with Crippen LogP contribution in [0, 0.1) is 17.7 Å². The van der Waals surface area contributed by atoms with Crippen molar-refractivity contribution in [2.45, 2.75) is 50.2 Å². The van der Waals surface area contributed by atoms with Gasteiger partial charge >= 0.3 is 0 Å². The molecule has 0 radical (unpaired) electrons. The molecule has 2 bridgehead atoms. The second-order valence-electron chi connectivity index (χ2n) is 8.29. The number of benzene rings is 1. The van der Waals surface area contributed by atoms with E-state index >= 15 is 0 Å². The van der Waals surface area contributed by atoms with Gasteiger partial charge in [0.15, 0.2) is 0 Å². The van der Waals surface area contributed by atoms with Gasteiger partial charge in [0.25, 0.3) is 0 Å². The molecule has 3 unspecified atom stereocenters. The fourth-order valence-corrected chi connectivity index (χ4v) is 5.30. The maximum atomic E-state index is 14.6.